The monoisotopic (exact) mass is 384 g/mol. The summed E-state index contributed by atoms with van der Waals surface area (Å²) in [6.45, 7) is 3.01. The summed E-state index contributed by atoms with van der Waals surface area (Å²) in [7, 11) is 0. The summed E-state index contributed by atoms with van der Waals surface area (Å²) in [6.07, 6.45) is 4.23. The fraction of sp³-hybridized carbons (Fsp3) is 0.450. The number of carbonyl (C=O) groups is 2. The molecule has 2 aromatic rings. The molecule has 1 unspecified atom stereocenters. The third kappa shape index (κ3) is 4.44. The molecule has 1 aliphatic rings. The van der Waals surface area contributed by atoms with Crippen molar-refractivity contribution in [2.24, 2.45) is 5.18 Å². The minimum atomic E-state index is -0.631. The van der Waals surface area contributed by atoms with Gasteiger partial charge in [0, 0.05) is 18.1 Å². The first-order chi connectivity index (χ1) is 13.6. The van der Waals surface area contributed by atoms with Crippen molar-refractivity contribution < 1.29 is 14.3 Å². The van der Waals surface area contributed by atoms with Crippen LogP contribution in [0.4, 0.5) is 0 Å². The van der Waals surface area contributed by atoms with Gasteiger partial charge >= 0.3 is 0 Å². The van der Waals surface area contributed by atoms with Crippen LogP contribution in [0.1, 0.15) is 43.0 Å². The number of amides is 2. The molecule has 0 spiro atoms. The highest BCUT2D eigenvalue weighted by atomic mass is 16.5. The maximum atomic E-state index is 12.7. The highest BCUT2D eigenvalue weighted by molar-refractivity contribution is 6.07. The van der Waals surface area contributed by atoms with Gasteiger partial charge in [0.1, 0.15) is 5.75 Å². The lowest BCUT2D eigenvalue weighted by Crippen LogP contribution is -2.41. The molecule has 1 saturated heterocycles. The molecule has 148 valence electrons. The van der Waals surface area contributed by atoms with Crippen molar-refractivity contribution in [2.45, 2.75) is 38.8 Å². The van der Waals surface area contributed by atoms with E-state index in [1.807, 2.05) is 12.1 Å². The number of pyridine rings is 1. The number of carbonyl (C=O) groups excluding carboxylic acids is 2. The van der Waals surface area contributed by atoms with Crippen molar-refractivity contribution in [3.8, 4) is 5.75 Å². The summed E-state index contributed by atoms with van der Waals surface area (Å²) in [4.78, 5) is 41.5. The maximum absolute atomic E-state index is 12.7. The van der Waals surface area contributed by atoms with Crippen LogP contribution in [-0.2, 0) is 4.79 Å². The second kappa shape index (κ2) is 9.25. The van der Waals surface area contributed by atoms with E-state index in [2.05, 4.69) is 22.4 Å². The number of nitrogens with zero attached hydrogens (tertiary/aromatic N) is 3. The number of hydrogen-bond acceptors (Lipinski definition) is 6. The Morgan fingerprint density at radius 2 is 2.21 bits per heavy atom. The molecular formula is C20H24N4O4. The van der Waals surface area contributed by atoms with Crippen LogP contribution in [0.25, 0.3) is 10.9 Å². The van der Waals surface area contributed by atoms with Crippen molar-refractivity contribution in [3.05, 3.63) is 40.9 Å². The number of fused-ring (bicyclic) bond motifs is 1. The number of aromatic nitrogens is 1. The van der Waals surface area contributed by atoms with Gasteiger partial charge in [-0.3, -0.25) is 14.6 Å². The summed E-state index contributed by atoms with van der Waals surface area (Å²) < 4.78 is 5.72. The summed E-state index contributed by atoms with van der Waals surface area (Å²) in [5, 5.41) is 6.28. The number of likely N-dealkylation sites (tertiary alicyclic amines) is 1. The molecule has 1 aromatic carbocycles. The van der Waals surface area contributed by atoms with Crippen molar-refractivity contribution >= 4 is 22.7 Å². The Balaban J connectivity index is 1.71. The zero-order valence-electron chi connectivity index (χ0n) is 15.9. The van der Waals surface area contributed by atoms with E-state index in [0.29, 0.717) is 41.8 Å². The Bertz CT molecular complexity index is 870. The number of nitrogens with one attached hydrogen (secondary N) is 1. The molecule has 0 aliphatic carbocycles. The largest absolute Gasteiger partial charge is 0.494 e. The van der Waals surface area contributed by atoms with Crippen LogP contribution < -0.4 is 10.1 Å². The number of rotatable bonds is 8. The quantitative estimate of drug-likeness (QED) is 0.557. The first-order valence-electron chi connectivity index (χ1n) is 9.55. The number of nitroso groups, excluding NO2 is 1. The fourth-order valence-electron chi connectivity index (χ4n) is 3.25. The van der Waals surface area contributed by atoms with E-state index in [1.54, 1.807) is 18.3 Å². The molecule has 8 nitrogen and oxygen atoms in total. The second-order valence-electron chi connectivity index (χ2n) is 6.74. The smallest absolute Gasteiger partial charge is 0.252 e. The van der Waals surface area contributed by atoms with Gasteiger partial charge in [-0.1, -0.05) is 13.3 Å². The number of ether oxygens (including phenoxy) is 1. The SMILES string of the molecule is CCCCOc1ccc2nccc(C(=O)NCC(=O)N3CCCC3N=O)c2c1. The Hall–Kier alpha value is -3.03. The Labute approximate surface area is 163 Å². The number of hydrogen-bond donors (Lipinski definition) is 1. The minimum absolute atomic E-state index is 0.179. The van der Waals surface area contributed by atoms with Gasteiger partial charge in [-0.05, 0) is 48.7 Å². The summed E-state index contributed by atoms with van der Waals surface area (Å²) in [6, 6.07) is 7.05. The van der Waals surface area contributed by atoms with Crippen LogP contribution in [-0.4, -0.2) is 47.6 Å². The first-order valence-corrected chi connectivity index (χ1v) is 9.55. The van der Waals surface area contributed by atoms with Gasteiger partial charge < -0.3 is 15.0 Å². The lowest BCUT2D eigenvalue weighted by Gasteiger charge is -2.19. The molecule has 1 N–H and O–H groups in total. The zero-order valence-corrected chi connectivity index (χ0v) is 15.9. The molecule has 3 rings (SSSR count). The normalized spacial score (nSPS) is 16.2. The molecular weight excluding hydrogens is 360 g/mol. The molecule has 1 aromatic heterocycles. The van der Waals surface area contributed by atoms with E-state index in [-0.39, 0.29) is 18.4 Å². The van der Waals surface area contributed by atoms with Crippen LogP contribution in [0.2, 0.25) is 0 Å². The Morgan fingerprint density at radius 3 is 3.00 bits per heavy atom. The molecule has 2 heterocycles. The van der Waals surface area contributed by atoms with Crippen LogP contribution in [0.5, 0.6) is 5.75 Å². The van der Waals surface area contributed by atoms with Gasteiger partial charge in [0.2, 0.25) is 5.91 Å². The van der Waals surface area contributed by atoms with Crippen LogP contribution >= 0.6 is 0 Å². The predicted octanol–water partition coefficient (Wildman–Crippen LogP) is 2.86. The van der Waals surface area contributed by atoms with E-state index < -0.39 is 6.17 Å². The zero-order chi connectivity index (χ0) is 19.9. The summed E-state index contributed by atoms with van der Waals surface area (Å²) in [5.74, 6) is -0.00490. The Morgan fingerprint density at radius 1 is 1.36 bits per heavy atom. The molecule has 28 heavy (non-hydrogen) atoms. The topological polar surface area (TPSA) is 101 Å². The Kier molecular flexibility index (Phi) is 6.52. The first kappa shape index (κ1) is 19.7. The van der Waals surface area contributed by atoms with Gasteiger partial charge in [0.05, 0.1) is 24.2 Å². The van der Waals surface area contributed by atoms with Gasteiger partial charge in [0.25, 0.3) is 5.91 Å². The summed E-state index contributed by atoms with van der Waals surface area (Å²) >= 11 is 0. The average molecular weight is 384 g/mol. The van der Waals surface area contributed by atoms with Crippen LogP contribution in [0.15, 0.2) is 35.6 Å². The molecule has 1 fully saturated rings. The second-order valence-corrected chi connectivity index (χ2v) is 6.74. The average Bonchev–Trinajstić information content (AvgIpc) is 3.20. The van der Waals surface area contributed by atoms with Gasteiger partial charge in [-0.2, -0.15) is 0 Å². The molecule has 1 atom stereocenters. The maximum Gasteiger partial charge on any atom is 0.252 e. The molecule has 0 bridgehead atoms. The predicted molar refractivity (Wildman–Crippen MR) is 105 cm³/mol. The van der Waals surface area contributed by atoms with E-state index >= 15 is 0 Å². The molecule has 1 aliphatic heterocycles. The van der Waals surface area contributed by atoms with E-state index in [4.69, 9.17) is 4.74 Å². The standard InChI is InChI=1S/C20H24N4O4/c1-2-3-11-28-14-6-7-17-16(12-14)15(8-9-21-17)20(26)22-13-19(25)24-10-4-5-18(24)23-27/h6-9,12,18H,2-5,10-11,13H2,1H3,(H,22,26). The van der Waals surface area contributed by atoms with Crippen molar-refractivity contribution in [1.29, 1.82) is 0 Å². The van der Waals surface area contributed by atoms with Crippen molar-refractivity contribution in [2.75, 3.05) is 19.7 Å². The van der Waals surface area contributed by atoms with E-state index in [9.17, 15) is 14.5 Å². The third-order valence-corrected chi connectivity index (χ3v) is 4.79. The number of benzene rings is 1. The molecule has 0 saturated carbocycles. The van der Waals surface area contributed by atoms with Crippen LogP contribution in [0, 0.1) is 4.91 Å². The fourth-order valence-corrected chi connectivity index (χ4v) is 3.25. The van der Waals surface area contributed by atoms with Gasteiger partial charge in [-0.25, -0.2) is 0 Å². The molecule has 8 heteroatoms. The summed E-state index contributed by atoms with van der Waals surface area (Å²) in [5.41, 5.74) is 1.09. The highest BCUT2D eigenvalue weighted by Crippen LogP contribution is 2.23. The van der Waals surface area contributed by atoms with E-state index in [1.165, 1.54) is 4.90 Å². The van der Waals surface area contributed by atoms with E-state index in [0.717, 1.165) is 19.3 Å². The molecule has 0 radical (unpaired) electrons. The van der Waals surface area contributed by atoms with Gasteiger partial charge in [-0.15, -0.1) is 4.91 Å². The van der Waals surface area contributed by atoms with Gasteiger partial charge in [0.15, 0.2) is 6.17 Å². The van der Waals surface area contributed by atoms with Crippen molar-refractivity contribution in [3.63, 3.8) is 0 Å². The molecule has 2 amide bonds. The third-order valence-electron chi connectivity index (χ3n) is 4.79. The minimum Gasteiger partial charge on any atom is -0.494 e. The highest BCUT2D eigenvalue weighted by Gasteiger charge is 2.29. The van der Waals surface area contributed by atoms with Crippen molar-refractivity contribution in [1.82, 2.24) is 15.2 Å². The number of unbranched alkanes of at least 4 members (excludes halogenated alkanes) is 1. The van der Waals surface area contributed by atoms with Crippen LogP contribution in [0.3, 0.4) is 0 Å². The lowest BCUT2D eigenvalue weighted by atomic mass is 10.1. The lowest BCUT2D eigenvalue weighted by molar-refractivity contribution is -0.130.